The molecule has 0 radical (unpaired) electrons. The Kier molecular flexibility index (Phi) is 5.60. The minimum atomic E-state index is -4.52. The van der Waals surface area contributed by atoms with Gasteiger partial charge in [-0.15, -0.1) is 0 Å². The Morgan fingerprint density at radius 3 is 2.50 bits per heavy atom. The molecule has 1 saturated heterocycles. The molecule has 34 heavy (non-hydrogen) atoms. The molecule has 12 heteroatoms. The molecule has 1 aromatic carbocycles. The number of furan rings is 1. The third kappa shape index (κ3) is 4.76. The number of hydrogen-bond acceptors (Lipinski definition) is 7. The van der Waals surface area contributed by atoms with Gasteiger partial charge in [0.25, 0.3) is 5.91 Å². The highest BCUT2D eigenvalue weighted by Gasteiger charge is 2.49. The Balaban J connectivity index is 1.39. The molecule has 186 valence electrons. The third-order valence-corrected chi connectivity index (χ3v) is 7.46. The van der Waals surface area contributed by atoms with Gasteiger partial charge in [0.15, 0.2) is 0 Å². The highest BCUT2D eigenvalue weighted by atomic mass is 32.2. The largest absolute Gasteiger partial charge is 0.449 e. The summed E-state index contributed by atoms with van der Waals surface area (Å²) in [6.07, 6.45) is -2.16. The summed E-state index contributed by atoms with van der Waals surface area (Å²) in [7, 11) is -3.19. The number of sulfone groups is 1. The number of carbonyl (C=O) groups excluding carboxylic acids is 1. The molecule has 2 fully saturated rings. The molecule has 8 nitrogen and oxygen atoms in total. The Morgan fingerprint density at radius 1 is 1.18 bits per heavy atom. The van der Waals surface area contributed by atoms with Crippen LogP contribution in [0.25, 0.3) is 11.0 Å². The number of amides is 1. The predicted octanol–water partition coefficient (Wildman–Crippen LogP) is 2.75. The van der Waals surface area contributed by atoms with Crippen molar-refractivity contribution in [2.24, 2.45) is 0 Å². The number of nitrogens with one attached hydrogen (secondary N) is 1. The second-order valence-corrected chi connectivity index (χ2v) is 11.6. The lowest BCUT2D eigenvalue weighted by Gasteiger charge is -2.32. The van der Waals surface area contributed by atoms with Crippen LogP contribution in [0.15, 0.2) is 22.6 Å². The summed E-state index contributed by atoms with van der Waals surface area (Å²) in [4.78, 5) is 14.8. The zero-order valence-corrected chi connectivity index (χ0v) is 19.3. The van der Waals surface area contributed by atoms with Gasteiger partial charge in [0, 0.05) is 24.7 Å². The van der Waals surface area contributed by atoms with Crippen LogP contribution in [-0.4, -0.2) is 70.4 Å². The summed E-state index contributed by atoms with van der Waals surface area (Å²) in [5.41, 5.74) is -0.660. The third-order valence-electron chi connectivity index (χ3n) is 6.48. The van der Waals surface area contributed by atoms with Gasteiger partial charge < -0.3 is 24.1 Å². The second kappa shape index (κ2) is 8.13. The van der Waals surface area contributed by atoms with Gasteiger partial charge in [-0.2, -0.15) is 13.2 Å². The van der Waals surface area contributed by atoms with E-state index in [-0.39, 0.29) is 41.8 Å². The van der Waals surface area contributed by atoms with Crippen LogP contribution in [0, 0.1) is 0 Å². The van der Waals surface area contributed by atoms with Crippen molar-refractivity contribution in [3.63, 3.8) is 0 Å². The Labute approximate surface area is 194 Å². The topological polar surface area (TPSA) is 98.1 Å². The zero-order chi connectivity index (χ0) is 24.3. The molecule has 3 heterocycles. The van der Waals surface area contributed by atoms with Crippen LogP contribution in [0.3, 0.4) is 0 Å². The molecule has 1 amide bonds. The van der Waals surface area contributed by atoms with Crippen molar-refractivity contribution in [1.29, 1.82) is 0 Å². The van der Waals surface area contributed by atoms with Crippen LogP contribution >= 0.6 is 0 Å². The average Bonchev–Trinajstić information content (AvgIpc) is 3.40. The molecule has 2 aliphatic heterocycles. The first kappa shape index (κ1) is 23.4. The van der Waals surface area contributed by atoms with E-state index >= 15 is 0 Å². The monoisotopic (exact) mass is 502 g/mol. The fourth-order valence-electron chi connectivity index (χ4n) is 4.62. The quantitative estimate of drug-likeness (QED) is 0.672. The molecular formula is C22H25F3N2O6S. The lowest BCUT2D eigenvalue weighted by Crippen LogP contribution is -2.44. The normalized spacial score (nSPS) is 24.7. The molecule has 0 bridgehead atoms. The minimum absolute atomic E-state index is 0.00660. The highest BCUT2D eigenvalue weighted by molar-refractivity contribution is 7.90. The number of nitrogens with zero attached hydrogens (tertiary/aromatic N) is 1. The average molecular weight is 503 g/mol. The molecular weight excluding hydrogens is 477 g/mol. The molecule has 1 saturated carbocycles. The van der Waals surface area contributed by atoms with E-state index < -0.39 is 39.1 Å². The highest BCUT2D eigenvalue weighted by Crippen LogP contribution is 2.45. The summed E-state index contributed by atoms with van der Waals surface area (Å²) >= 11 is 0. The van der Waals surface area contributed by atoms with E-state index in [2.05, 4.69) is 5.32 Å². The first-order valence-electron chi connectivity index (χ1n) is 11.0. The van der Waals surface area contributed by atoms with Gasteiger partial charge in [-0.3, -0.25) is 4.79 Å². The second-order valence-electron chi connectivity index (χ2n) is 9.44. The number of rotatable bonds is 5. The Hall–Kier alpha value is -2.31. The Morgan fingerprint density at radius 2 is 1.88 bits per heavy atom. The molecule has 2 aromatic rings. The standard InChI is InChI=1S/C22H25F3N2O6S/c1-34(29,30)11-15-10-31-14(9-32-15)4-7-27-12-21(5-6-21)26-20(28)19-18(27)16-8-13(22(23,24)25)2-3-17(16)33-19/h2-3,8,14-15H,4-7,9-12H2,1H3,(H,26,28)/t14-,15-/m1/s1. The maximum Gasteiger partial charge on any atom is 0.416 e. The van der Waals surface area contributed by atoms with Crippen molar-refractivity contribution < 1.29 is 40.3 Å². The number of carbonyl (C=O) groups is 1. The van der Waals surface area contributed by atoms with Crippen molar-refractivity contribution in [2.75, 3.05) is 43.2 Å². The minimum Gasteiger partial charge on any atom is -0.449 e. The lowest BCUT2D eigenvalue weighted by molar-refractivity contribution is -0.137. The molecule has 5 rings (SSSR count). The molecule has 1 aromatic heterocycles. The molecule has 2 atom stereocenters. The summed E-state index contributed by atoms with van der Waals surface area (Å²) in [6, 6.07) is 3.21. The van der Waals surface area contributed by atoms with E-state index in [1.165, 1.54) is 6.07 Å². The number of halogens is 3. The number of hydrogen-bond donors (Lipinski definition) is 1. The van der Waals surface area contributed by atoms with E-state index in [1.807, 2.05) is 4.90 Å². The first-order chi connectivity index (χ1) is 15.9. The smallest absolute Gasteiger partial charge is 0.416 e. The van der Waals surface area contributed by atoms with Crippen LogP contribution in [0.5, 0.6) is 0 Å². The fraction of sp³-hybridized carbons (Fsp3) is 0.591. The van der Waals surface area contributed by atoms with Crippen LogP contribution < -0.4 is 10.2 Å². The van der Waals surface area contributed by atoms with Crippen molar-refractivity contribution in [3.8, 4) is 0 Å². The maximum atomic E-state index is 13.4. The van der Waals surface area contributed by atoms with Gasteiger partial charge in [-0.25, -0.2) is 8.42 Å². The van der Waals surface area contributed by atoms with E-state index in [9.17, 15) is 26.4 Å². The molecule has 0 unspecified atom stereocenters. The van der Waals surface area contributed by atoms with Crippen LogP contribution in [0.4, 0.5) is 18.9 Å². The van der Waals surface area contributed by atoms with Gasteiger partial charge in [-0.05, 0) is 37.5 Å². The Bertz CT molecular complexity index is 1210. The van der Waals surface area contributed by atoms with E-state index in [0.29, 0.717) is 25.2 Å². The molecule has 1 N–H and O–H groups in total. The summed E-state index contributed by atoms with van der Waals surface area (Å²) in [5, 5.41) is 3.22. The predicted molar refractivity (Wildman–Crippen MR) is 117 cm³/mol. The summed E-state index contributed by atoms with van der Waals surface area (Å²) in [6.45, 7) is 1.21. The van der Waals surface area contributed by atoms with E-state index in [1.54, 1.807) is 0 Å². The van der Waals surface area contributed by atoms with Gasteiger partial charge in [0.1, 0.15) is 15.4 Å². The molecule has 1 spiro atoms. The number of anilines is 1. The fourth-order valence-corrected chi connectivity index (χ4v) is 5.49. The van der Waals surface area contributed by atoms with E-state index in [4.69, 9.17) is 13.9 Å². The van der Waals surface area contributed by atoms with Crippen LogP contribution in [-0.2, 0) is 25.5 Å². The number of alkyl halides is 3. The number of ether oxygens (including phenoxy) is 2. The zero-order valence-electron chi connectivity index (χ0n) is 18.5. The molecule has 3 aliphatic rings. The van der Waals surface area contributed by atoms with Crippen LogP contribution in [0.1, 0.15) is 35.4 Å². The summed E-state index contributed by atoms with van der Waals surface area (Å²) in [5.74, 6) is -0.540. The molecule has 1 aliphatic carbocycles. The SMILES string of the molecule is CS(=O)(=O)C[C@H]1CO[C@H](CCN2CC3(CC3)NC(=O)c3oc4ccc(C(F)(F)F)cc4c32)CO1. The van der Waals surface area contributed by atoms with Crippen molar-refractivity contribution in [3.05, 3.63) is 29.5 Å². The van der Waals surface area contributed by atoms with Crippen molar-refractivity contribution in [2.45, 2.75) is 43.2 Å². The maximum absolute atomic E-state index is 13.4. The van der Waals surface area contributed by atoms with Crippen molar-refractivity contribution >= 4 is 32.4 Å². The first-order valence-corrected chi connectivity index (χ1v) is 13.1. The van der Waals surface area contributed by atoms with E-state index in [0.717, 1.165) is 31.2 Å². The summed E-state index contributed by atoms with van der Waals surface area (Å²) < 4.78 is 80.2. The van der Waals surface area contributed by atoms with Crippen molar-refractivity contribution in [1.82, 2.24) is 5.32 Å². The van der Waals surface area contributed by atoms with Gasteiger partial charge in [0.2, 0.25) is 5.76 Å². The number of benzene rings is 1. The van der Waals surface area contributed by atoms with Gasteiger partial charge in [0.05, 0.1) is 48.0 Å². The lowest BCUT2D eigenvalue weighted by atomic mass is 10.1. The van der Waals surface area contributed by atoms with Gasteiger partial charge >= 0.3 is 6.18 Å². The number of fused-ring (bicyclic) bond motifs is 3. The van der Waals surface area contributed by atoms with Crippen LogP contribution in [0.2, 0.25) is 0 Å². The van der Waals surface area contributed by atoms with Gasteiger partial charge in [-0.1, -0.05) is 0 Å².